The van der Waals surface area contributed by atoms with Crippen LogP contribution in [0.4, 0.5) is 5.69 Å². The van der Waals surface area contributed by atoms with E-state index in [-0.39, 0.29) is 23.7 Å². The Morgan fingerprint density at radius 3 is 2.60 bits per heavy atom. The Kier molecular flexibility index (Phi) is 1.74. The molecule has 2 aliphatic rings. The van der Waals surface area contributed by atoms with Gasteiger partial charge in [0.25, 0.3) is 0 Å². The molecular weight excluding hydrogens is 260 g/mol. The largest absolute Gasteiger partial charge is 0.274 e. The molecular formula is C10H7BrN2O2. The maximum absolute atomic E-state index is 11.8. The zero-order chi connectivity index (χ0) is 10.6. The van der Waals surface area contributed by atoms with E-state index in [1.54, 1.807) is 18.5 Å². The number of carbonyl (C=O) groups is 2. The van der Waals surface area contributed by atoms with Crippen molar-refractivity contribution in [3.8, 4) is 0 Å². The lowest BCUT2D eigenvalue weighted by molar-refractivity contribution is -0.123. The average molecular weight is 267 g/mol. The topological polar surface area (TPSA) is 50.3 Å². The first kappa shape index (κ1) is 9.03. The van der Waals surface area contributed by atoms with Gasteiger partial charge in [-0.1, -0.05) is 0 Å². The molecule has 0 N–H and O–H groups in total. The Morgan fingerprint density at radius 2 is 2.00 bits per heavy atom. The summed E-state index contributed by atoms with van der Waals surface area (Å²) in [6, 6.07) is 1.67. The molecule has 5 heteroatoms. The van der Waals surface area contributed by atoms with Crippen molar-refractivity contribution in [2.45, 2.75) is 6.42 Å². The molecule has 2 amide bonds. The van der Waals surface area contributed by atoms with Gasteiger partial charge in [-0.05, 0) is 28.4 Å². The van der Waals surface area contributed by atoms with E-state index in [0.29, 0.717) is 10.2 Å². The summed E-state index contributed by atoms with van der Waals surface area (Å²) < 4.78 is 0.674. The lowest BCUT2D eigenvalue weighted by atomic mass is 10.3. The lowest BCUT2D eigenvalue weighted by Gasteiger charge is -2.17. The van der Waals surface area contributed by atoms with Gasteiger partial charge < -0.3 is 0 Å². The van der Waals surface area contributed by atoms with Gasteiger partial charge in [-0.3, -0.25) is 14.6 Å². The molecule has 1 saturated carbocycles. The Balaban J connectivity index is 2.05. The summed E-state index contributed by atoms with van der Waals surface area (Å²) >= 11 is 3.29. The number of hydrogen-bond acceptors (Lipinski definition) is 3. The fourth-order valence-corrected chi connectivity index (χ4v) is 2.40. The van der Waals surface area contributed by atoms with Gasteiger partial charge in [-0.25, -0.2) is 4.90 Å². The lowest BCUT2D eigenvalue weighted by Crippen LogP contribution is -2.33. The molecule has 1 aliphatic heterocycles. The third kappa shape index (κ3) is 1.16. The molecule has 0 radical (unpaired) electrons. The Morgan fingerprint density at radius 1 is 1.33 bits per heavy atom. The molecule has 1 aliphatic carbocycles. The number of fused-ring (bicyclic) bond motifs is 1. The maximum Gasteiger partial charge on any atom is 0.237 e. The van der Waals surface area contributed by atoms with E-state index in [2.05, 4.69) is 20.9 Å². The molecule has 2 fully saturated rings. The summed E-state index contributed by atoms with van der Waals surface area (Å²) in [5, 5.41) is 0. The first-order chi connectivity index (χ1) is 7.20. The van der Waals surface area contributed by atoms with E-state index in [1.807, 2.05) is 0 Å². The number of amides is 2. The minimum atomic E-state index is -0.0723. The predicted molar refractivity (Wildman–Crippen MR) is 56.0 cm³/mol. The van der Waals surface area contributed by atoms with E-state index < -0.39 is 0 Å². The van der Waals surface area contributed by atoms with Crippen LogP contribution in [-0.4, -0.2) is 16.8 Å². The van der Waals surface area contributed by atoms with E-state index in [4.69, 9.17) is 0 Å². The van der Waals surface area contributed by atoms with Crippen molar-refractivity contribution in [2.75, 3.05) is 4.90 Å². The number of pyridine rings is 1. The van der Waals surface area contributed by atoms with Crippen LogP contribution in [-0.2, 0) is 9.59 Å². The molecule has 15 heavy (non-hydrogen) atoms. The molecule has 1 saturated heterocycles. The summed E-state index contributed by atoms with van der Waals surface area (Å²) in [5.41, 5.74) is 0.604. The summed E-state index contributed by atoms with van der Waals surface area (Å²) in [5.74, 6) is -0.260. The van der Waals surface area contributed by atoms with Crippen LogP contribution in [0.5, 0.6) is 0 Å². The number of hydrogen-bond donors (Lipinski definition) is 0. The molecule has 2 atom stereocenters. The quantitative estimate of drug-likeness (QED) is 0.722. The highest BCUT2D eigenvalue weighted by molar-refractivity contribution is 9.10. The highest BCUT2D eigenvalue weighted by Gasteiger charge is 2.59. The van der Waals surface area contributed by atoms with E-state index >= 15 is 0 Å². The number of aromatic nitrogens is 1. The molecule has 0 spiro atoms. The number of halogens is 1. The van der Waals surface area contributed by atoms with E-state index in [9.17, 15) is 9.59 Å². The number of piperidine rings is 1. The van der Waals surface area contributed by atoms with Crippen molar-refractivity contribution in [1.82, 2.24) is 4.98 Å². The molecule has 0 aromatic carbocycles. The van der Waals surface area contributed by atoms with Gasteiger partial charge in [0, 0.05) is 12.4 Å². The smallest absolute Gasteiger partial charge is 0.237 e. The molecule has 1 aromatic heterocycles. The Labute approximate surface area is 94.4 Å². The fourth-order valence-electron chi connectivity index (χ4n) is 1.97. The van der Waals surface area contributed by atoms with E-state index in [0.717, 1.165) is 6.42 Å². The van der Waals surface area contributed by atoms with Crippen LogP contribution < -0.4 is 4.90 Å². The van der Waals surface area contributed by atoms with Crippen molar-refractivity contribution >= 4 is 33.4 Å². The van der Waals surface area contributed by atoms with Gasteiger partial charge in [-0.15, -0.1) is 0 Å². The van der Waals surface area contributed by atoms with Gasteiger partial charge in [-0.2, -0.15) is 0 Å². The number of imide groups is 1. The molecule has 0 bridgehead atoms. The average Bonchev–Trinajstić information content (AvgIpc) is 2.96. The second-order valence-corrected chi connectivity index (χ2v) is 4.64. The SMILES string of the molecule is O=C1C2CC2C(=O)N1c1ccncc1Br. The van der Waals surface area contributed by atoms with Crippen LogP contribution in [0.2, 0.25) is 0 Å². The zero-order valence-electron chi connectivity index (χ0n) is 7.68. The summed E-state index contributed by atoms with van der Waals surface area (Å²) in [4.78, 5) is 28.7. The fraction of sp³-hybridized carbons (Fsp3) is 0.300. The normalized spacial score (nSPS) is 28.2. The standard InChI is InChI=1S/C10H7BrN2O2/c11-7-4-12-2-1-8(7)13-9(14)5-3-6(5)10(13)15/h1-2,4-6H,3H2. The number of nitrogens with zero attached hydrogens (tertiary/aromatic N) is 2. The van der Waals surface area contributed by atoms with Crippen molar-refractivity contribution in [1.29, 1.82) is 0 Å². The van der Waals surface area contributed by atoms with Crippen LogP contribution in [0.1, 0.15) is 6.42 Å². The second kappa shape index (κ2) is 2.88. The van der Waals surface area contributed by atoms with Crippen molar-refractivity contribution < 1.29 is 9.59 Å². The maximum atomic E-state index is 11.8. The number of carbonyl (C=O) groups excluding carboxylic acids is 2. The number of rotatable bonds is 1. The molecule has 2 unspecified atom stereocenters. The van der Waals surface area contributed by atoms with Crippen LogP contribution in [0.15, 0.2) is 22.9 Å². The summed E-state index contributed by atoms with van der Waals surface area (Å²) in [7, 11) is 0. The van der Waals surface area contributed by atoms with E-state index in [1.165, 1.54) is 4.90 Å². The first-order valence-corrected chi connectivity index (χ1v) is 5.47. The molecule has 4 nitrogen and oxygen atoms in total. The second-order valence-electron chi connectivity index (χ2n) is 3.79. The van der Waals surface area contributed by atoms with Crippen molar-refractivity contribution in [3.05, 3.63) is 22.9 Å². The van der Waals surface area contributed by atoms with Gasteiger partial charge in [0.05, 0.1) is 22.0 Å². The van der Waals surface area contributed by atoms with Crippen LogP contribution in [0, 0.1) is 11.8 Å². The Bertz CT molecular complexity index is 454. The zero-order valence-corrected chi connectivity index (χ0v) is 9.27. The Hall–Kier alpha value is -1.23. The van der Waals surface area contributed by atoms with Crippen molar-refractivity contribution in [2.24, 2.45) is 11.8 Å². The molecule has 1 aromatic rings. The summed E-state index contributed by atoms with van der Waals surface area (Å²) in [6.07, 6.45) is 3.89. The third-order valence-electron chi connectivity index (χ3n) is 2.86. The van der Waals surface area contributed by atoms with Crippen LogP contribution >= 0.6 is 15.9 Å². The van der Waals surface area contributed by atoms with Crippen molar-refractivity contribution in [3.63, 3.8) is 0 Å². The monoisotopic (exact) mass is 266 g/mol. The minimum Gasteiger partial charge on any atom is -0.274 e. The summed E-state index contributed by atoms with van der Waals surface area (Å²) in [6.45, 7) is 0. The highest BCUT2D eigenvalue weighted by Crippen LogP contribution is 2.49. The molecule has 76 valence electrons. The van der Waals surface area contributed by atoms with Crippen LogP contribution in [0.25, 0.3) is 0 Å². The molecule has 3 rings (SSSR count). The predicted octanol–water partition coefficient (Wildman–Crippen LogP) is 1.35. The van der Waals surface area contributed by atoms with Gasteiger partial charge in [0.15, 0.2) is 0 Å². The minimum absolute atomic E-state index is 0.0578. The van der Waals surface area contributed by atoms with Gasteiger partial charge in [0.2, 0.25) is 11.8 Å². The van der Waals surface area contributed by atoms with Crippen LogP contribution in [0.3, 0.4) is 0 Å². The first-order valence-electron chi connectivity index (χ1n) is 4.67. The third-order valence-corrected chi connectivity index (χ3v) is 3.47. The highest BCUT2D eigenvalue weighted by atomic mass is 79.9. The van der Waals surface area contributed by atoms with Gasteiger partial charge in [0.1, 0.15) is 0 Å². The number of anilines is 1. The molecule has 2 heterocycles. The van der Waals surface area contributed by atoms with Gasteiger partial charge >= 0.3 is 0 Å².